The Hall–Kier alpha value is -3.62. The summed E-state index contributed by atoms with van der Waals surface area (Å²) in [4.78, 5) is 29.1. The molecule has 226 valence electrons. The monoisotopic (exact) mass is 569 g/mol. The van der Waals surface area contributed by atoms with Crippen molar-refractivity contribution < 1.29 is 28.5 Å². The van der Waals surface area contributed by atoms with E-state index in [0.717, 1.165) is 61.1 Å². The average Bonchev–Trinajstić information content (AvgIpc) is 2.94. The molecule has 3 rings (SSSR count). The van der Waals surface area contributed by atoms with Gasteiger partial charge in [-0.1, -0.05) is 31.9 Å². The predicted octanol–water partition coefficient (Wildman–Crippen LogP) is 6.56. The number of carbonyl (C=O) groups excluding carboxylic acids is 2. The number of anilines is 1. The van der Waals surface area contributed by atoms with Crippen molar-refractivity contribution in [3.8, 4) is 17.2 Å². The van der Waals surface area contributed by atoms with Crippen molar-refractivity contribution in [2.24, 2.45) is 0 Å². The molecule has 1 aliphatic rings. The molecule has 0 atom stereocenters. The normalized spacial score (nSPS) is 13.7. The van der Waals surface area contributed by atoms with Crippen molar-refractivity contribution in [2.75, 3.05) is 45.4 Å². The number of hydrogen-bond acceptors (Lipinski definition) is 6. The Morgan fingerprint density at radius 1 is 0.951 bits per heavy atom. The van der Waals surface area contributed by atoms with Crippen LogP contribution in [-0.2, 0) is 17.7 Å². The molecule has 9 heteroatoms. The number of ether oxygens (including phenoxy) is 4. The van der Waals surface area contributed by atoms with Crippen LogP contribution in [0.1, 0.15) is 70.9 Å². The topological polar surface area (TPSA) is 89.6 Å². The third-order valence-corrected chi connectivity index (χ3v) is 6.80. The summed E-state index contributed by atoms with van der Waals surface area (Å²) in [6, 6.07) is 11.7. The highest BCUT2D eigenvalue weighted by atomic mass is 16.6. The highest BCUT2D eigenvalue weighted by Crippen LogP contribution is 2.34. The van der Waals surface area contributed by atoms with E-state index in [9.17, 15) is 9.59 Å². The average molecular weight is 570 g/mol. The van der Waals surface area contributed by atoms with Gasteiger partial charge in [0.1, 0.15) is 11.4 Å². The van der Waals surface area contributed by atoms with E-state index in [-0.39, 0.29) is 6.03 Å². The number of hydrogen-bond donors (Lipinski definition) is 1. The van der Waals surface area contributed by atoms with Gasteiger partial charge in [0.15, 0.2) is 11.5 Å². The van der Waals surface area contributed by atoms with Gasteiger partial charge in [-0.05, 0) is 70.2 Å². The maximum Gasteiger partial charge on any atom is 0.407 e. The summed E-state index contributed by atoms with van der Waals surface area (Å²) in [5.41, 5.74) is 2.34. The maximum absolute atomic E-state index is 13.6. The number of benzene rings is 2. The van der Waals surface area contributed by atoms with Crippen LogP contribution < -0.4 is 24.4 Å². The first-order valence-corrected chi connectivity index (χ1v) is 14.6. The van der Waals surface area contributed by atoms with Gasteiger partial charge in [0, 0.05) is 37.0 Å². The molecule has 41 heavy (non-hydrogen) atoms. The van der Waals surface area contributed by atoms with Crippen molar-refractivity contribution in [1.29, 1.82) is 0 Å². The first-order valence-electron chi connectivity index (χ1n) is 14.6. The standard InChI is InChI=1S/C32H47N3O6/c1-7-8-9-20-40-29-22-26(15-16-27(29)38-5)35-19-11-18-34(31(35)37)23-25-14-13-24(21-28(25)39-6)12-10-17-33-30(36)41-32(2,3)4/h13-16,21-22H,7-12,17-20,23H2,1-6H3,(H,33,36). The Bertz CT molecular complexity index is 1150. The fourth-order valence-corrected chi connectivity index (χ4v) is 4.73. The molecule has 2 aromatic carbocycles. The molecule has 0 unspecified atom stereocenters. The van der Waals surface area contributed by atoms with Crippen LogP contribution in [0.4, 0.5) is 15.3 Å². The van der Waals surface area contributed by atoms with Crippen LogP contribution in [0.25, 0.3) is 0 Å². The summed E-state index contributed by atoms with van der Waals surface area (Å²) in [5.74, 6) is 2.07. The molecule has 0 bridgehead atoms. The second-order valence-electron chi connectivity index (χ2n) is 11.3. The molecule has 1 fully saturated rings. The van der Waals surface area contributed by atoms with Gasteiger partial charge in [0.2, 0.25) is 0 Å². The maximum atomic E-state index is 13.6. The van der Waals surface area contributed by atoms with Gasteiger partial charge in [0.05, 0.1) is 27.4 Å². The molecule has 2 aromatic rings. The smallest absolute Gasteiger partial charge is 0.407 e. The highest BCUT2D eigenvalue weighted by Gasteiger charge is 2.28. The van der Waals surface area contributed by atoms with Crippen molar-refractivity contribution in [2.45, 2.75) is 78.4 Å². The van der Waals surface area contributed by atoms with Crippen LogP contribution in [0.2, 0.25) is 0 Å². The SMILES string of the molecule is CCCCCOc1cc(N2CCCN(Cc3ccc(CCCNC(=O)OC(C)(C)C)cc3OC)C2=O)ccc1OC. The van der Waals surface area contributed by atoms with E-state index in [2.05, 4.69) is 18.3 Å². The number of nitrogens with one attached hydrogen (secondary N) is 1. The molecular formula is C32H47N3O6. The molecular weight excluding hydrogens is 522 g/mol. The van der Waals surface area contributed by atoms with E-state index < -0.39 is 11.7 Å². The molecule has 1 aliphatic heterocycles. The summed E-state index contributed by atoms with van der Waals surface area (Å²) in [6.45, 7) is 10.6. The van der Waals surface area contributed by atoms with Crippen LogP contribution in [0.15, 0.2) is 36.4 Å². The lowest BCUT2D eigenvalue weighted by Gasteiger charge is -2.36. The zero-order valence-corrected chi connectivity index (χ0v) is 25.6. The third kappa shape index (κ3) is 9.76. The number of unbranched alkanes of at least 4 members (excludes halogenated alkanes) is 2. The van der Waals surface area contributed by atoms with Crippen molar-refractivity contribution >= 4 is 17.8 Å². The van der Waals surface area contributed by atoms with Crippen LogP contribution in [0.3, 0.4) is 0 Å². The van der Waals surface area contributed by atoms with Crippen molar-refractivity contribution in [3.05, 3.63) is 47.5 Å². The fraction of sp³-hybridized carbons (Fsp3) is 0.562. The summed E-state index contributed by atoms with van der Waals surface area (Å²) in [7, 11) is 3.28. The first kappa shape index (κ1) is 31.9. The van der Waals surface area contributed by atoms with Crippen molar-refractivity contribution in [1.82, 2.24) is 10.2 Å². The third-order valence-electron chi connectivity index (χ3n) is 6.80. The molecule has 0 saturated carbocycles. The molecule has 3 amide bonds. The van der Waals surface area contributed by atoms with Gasteiger partial charge in [-0.15, -0.1) is 0 Å². The number of rotatable bonds is 14. The van der Waals surface area contributed by atoms with E-state index in [4.69, 9.17) is 18.9 Å². The van der Waals surface area contributed by atoms with Gasteiger partial charge in [-0.2, -0.15) is 0 Å². The quantitative estimate of drug-likeness (QED) is 0.259. The second-order valence-corrected chi connectivity index (χ2v) is 11.3. The summed E-state index contributed by atoms with van der Waals surface area (Å²) >= 11 is 0. The first-order chi connectivity index (χ1) is 19.6. The zero-order chi connectivity index (χ0) is 29.8. The van der Waals surface area contributed by atoms with Gasteiger partial charge in [0.25, 0.3) is 0 Å². The lowest BCUT2D eigenvalue weighted by molar-refractivity contribution is 0.0527. The van der Waals surface area contributed by atoms with E-state index in [1.807, 2.05) is 56.0 Å². The molecule has 0 spiro atoms. The minimum atomic E-state index is -0.514. The predicted molar refractivity (Wildman–Crippen MR) is 161 cm³/mol. The van der Waals surface area contributed by atoms with Crippen molar-refractivity contribution in [3.63, 3.8) is 0 Å². The van der Waals surface area contributed by atoms with Gasteiger partial charge >= 0.3 is 12.1 Å². The van der Waals surface area contributed by atoms with Gasteiger partial charge < -0.3 is 29.2 Å². The minimum Gasteiger partial charge on any atom is -0.496 e. The Morgan fingerprint density at radius 2 is 1.73 bits per heavy atom. The molecule has 1 heterocycles. The Labute approximate surface area is 245 Å². The summed E-state index contributed by atoms with van der Waals surface area (Å²) in [5, 5.41) is 2.79. The molecule has 1 saturated heterocycles. The van der Waals surface area contributed by atoms with E-state index in [1.54, 1.807) is 19.1 Å². The fourth-order valence-electron chi connectivity index (χ4n) is 4.73. The number of alkyl carbamates (subject to hydrolysis) is 1. The lowest BCUT2D eigenvalue weighted by atomic mass is 10.1. The minimum absolute atomic E-state index is 0.0438. The molecule has 1 N–H and O–H groups in total. The molecule has 0 radical (unpaired) electrons. The number of methoxy groups -OCH3 is 2. The number of amides is 3. The van der Waals surface area contributed by atoms with Crippen LogP contribution in [-0.4, -0.2) is 63.1 Å². The van der Waals surface area contributed by atoms with Crippen LogP contribution in [0.5, 0.6) is 17.2 Å². The Morgan fingerprint density at radius 3 is 2.44 bits per heavy atom. The Kier molecular flexibility index (Phi) is 12.0. The van der Waals surface area contributed by atoms with Crippen LogP contribution in [0, 0.1) is 0 Å². The van der Waals surface area contributed by atoms with E-state index >= 15 is 0 Å². The number of aryl methyl sites for hydroxylation is 1. The van der Waals surface area contributed by atoms with E-state index in [1.165, 1.54) is 0 Å². The van der Waals surface area contributed by atoms with E-state index in [0.29, 0.717) is 44.3 Å². The summed E-state index contributed by atoms with van der Waals surface area (Å²) in [6.07, 6.45) is 5.21. The Balaban J connectivity index is 1.61. The van der Waals surface area contributed by atoms with Gasteiger partial charge in [-0.3, -0.25) is 4.90 Å². The number of urea groups is 1. The second kappa shape index (κ2) is 15.4. The summed E-state index contributed by atoms with van der Waals surface area (Å²) < 4.78 is 22.5. The zero-order valence-electron chi connectivity index (χ0n) is 25.6. The molecule has 0 aromatic heterocycles. The van der Waals surface area contributed by atoms with Gasteiger partial charge in [-0.25, -0.2) is 9.59 Å². The number of nitrogens with zero attached hydrogens (tertiary/aromatic N) is 2. The molecule has 0 aliphatic carbocycles. The molecule has 9 nitrogen and oxygen atoms in total. The highest BCUT2D eigenvalue weighted by molar-refractivity contribution is 5.93. The van der Waals surface area contributed by atoms with Crippen LogP contribution >= 0.6 is 0 Å². The number of carbonyl (C=O) groups is 2. The largest absolute Gasteiger partial charge is 0.496 e. The lowest BCUT2D eigenvalue weighted by Crippen LogP contribution is -2.49.